The second-order valence-corrected chi connectivity index (χ2v) is 10.4. The van der Waals surface area contributed by atoms with Crippen molar-refractivity contribution < 1.29 is 0 Å². The quantitative estimate of drug-likeness (QED) is 0.211. The second-order valence-electron chi connectivity index (χ2n) is 10.4. The lowest BCUT2D eigenvalue weighted by molar-refractivity contribution is 1.05. The number of hydrogen-bond acceptors (Lipinski definition) is 1. The van der Waals surface area contributed by atoms with Gasteiger partial charge in [-0.2, -0.15) is 0 Å². The molecule has 212 valence electrons. The van der Waals surface area contributed by atoms with E-state index in [-0.39, 0.29) is 0 Å². The van der Waals surface area contributed by atoms with E-state index in [0.717, 1.165) is 29.9 Å². The molecule has 0 bridgehead atoms. The van der Waals surface area contributed by atoms with Crippen molar-refractivity contribution in [3.05, 3.63) is 168 Å². The molecule has 1 aliphatic carbocycles. The van der Waals surface area contributed by atoms with E-state index in [2.05, 4.69) is 171 Å². The van der Waals surface area contributed by atoms with Crippen LogP contribution in [0.3, 0.4) is 0 Å². The van der Waals surface area contributed by atoms with Crippen LogP contribution < -0.4 is 4.90 Å². The van der Waals surface area contributed by atoms with Crippen LogP contribution in [0.4, 0.5) is 17.1 Å². The van der Waals surface area contributed by atoms with Gasteiger partial charge in [0.2, 0.25) is 0 Å². The van der Waals surface area contributed by atoms with Gasteiger partial charge in [-0.1, -0.05) is 140 Å². The zero-order chi connectivity index (χ0) is 29.7. The lowest BCUT2D eigenvalue weighted by Crippen LogP contribution is -2.10. The molecular formula is C41H43N. The predicted octanol–water partition coefficient (Wildman–Crippen LogP) is 12.2. The SMILES string of the molecule is CC.Cc1ccc(C)cc1.Cc1ccc(N(c2ccc(C3=CC=CCC3)cc2)c2ccc(-c3ccccc3)cc2)cc1. The first kappa shape index (κ1) is 30.3. The van der Waals surface area contributed by atoms with Crippen LogP contribution in [-0.2, 0) is 0 Å². The van der Waals surface area contributed by atoms with Crippen LogP contribution in [0.25, 0.3) is 16.7 Å². The fourth-order valence-electron chi connectivity index (χ4n) is 4.88. The van der Waals surface area contributed by atoms with Crippen molar-refractivity contribution in [1.82, 2.24) is 0 Å². The van der Waals surface area contributed by atoms with Crippen molar-refractivity contribution in [2.75, 3.05) is 4.90 Å². The zero-order valence-corrected chi connectivity index (χ0v) is 25.7. The molecule has 0 fully saturated rings. The van der Waals surface area contributed by atoms with Crippen molar-refractivity contribution in [1.29, 1.82) is 0 Å². The van der Waals surface area contributed by atoms with Crippen LogP contribution in [0.5, 0.6) is 0 Å². The summed E-state index contributed by atoms with van der Waals surface area (Å²) in [5.74, 6) is 0. The molecule has 1 nitrogen and oxygen atoms in total. The Bertz CT molecular complexity index is 1530. The summed E-state index contributed by atoms with van der Waals surface area (Å²) in [5, 5.41) is 0. The van der Waals surface area contributed by atoms with Crippen LogP contribution in [0.2, 0.25) is 0 Å². The average Bonchev–Trinajstić information content (AvgIpc) is 3.06. The molecule has 1 aliphatic rings. The first-order valence-electron chi connectivity index (χ1n) is 15.1. The van der Waals surface area contributed by atoms with Gasteiger partial charge < -0.3 is 4.90 Å². The van der Waals surface area contributed by atoms with Gasteiger partial charge in [-0.05, 0) is 92.3 Å². The minimum atomic E-state index is 1.11. The van der Waals surface area contributed by atoms with Crippen molar-refractivity contribution in [2.45, 2.75) is 47.5 Å². The zero-order valence-electron chi connectivity index (χ0n) is 25.7. The lowest BCUT2D eigenvalue weighted by Gasteiger charge is -2.26. The summed E-state index contributed by atoms with van der Waals surface area (Å²) in [4.78, 5) is 2.33. The Labute approximate surface area is 253 Å². The third-order valence-corrected chi connectivity index (χ3v) is 7.25. The molecule has 42 heavy (non-hydrogen) atoms. The Kier molecular flexibility index (Phi) is 11.1. The Balaban J connectivity index is 0.000000347. The third-order valence-electron chi connectivity index (χ3n) is 7.25. The van der Waals surface area contributed by atoms with Crippen LogP contribution in [-0.4, -0.2) is 0 Å². The molecule has 0 heterocycles. The van der Waals surface area contributed by atoms with E-state index in [9.17, 15) is 0 Å². The molecule has 5 aromatic rings. The van der Waals surface area contributed by atoms with E-state index in [0.29, 0.717) is 0 Å². The first-order valence-corrected chi connectivity index (χ1v) is 15.1. The van der Waals surface area contributed by atoms with Crippen LogP contribution in [0.15, 0.2) is 146 Å². The maximum absolute atomic E-state index is 2.33. The maximum atomic E-state index is 2.33. The predicted molar refractivity (Wildman–Crippen MR) is 185 cm³/mol. The summed E-state index contributed by atoms with van der Waals surface area (Å²) < 4.78 is 0. The summed E-state index contributed by atoms with van der Waals surface area (Å²) in [6, 6.07) is 45.6. The van der Waals surface area contributed by atoms with Crippen molar-refractivity contribution in [3.63, 3.8) is 0 Å². The monoisotopic (exact) mass is 549 g/mol. The Morgan fingerprint density at radius 1 is 0.452 bits per heavy atom. The molecule has 0 unspecified atom stereocenters. The molecule has 0 spiro atoms. The van der Waals surface area contributed by atoms with E-state index in [1.165, 1.54) is 39.0 Å². The highest BCUT2D eigenvalue weighted by atomic mass is 15.1. The van der Waals surface area contributed by atoms with Gasteiger partial charge in [-0.25, -0.2) is 0 Å². The Hall–Kier alpha value is -4.62. The van der Waals surface area contributed by atoms with Gasteiger partial charge >= 0.3 is 0 Å². The molecule has 0 atom stereocenters. The Morgan fingerprint density at radius 3 is 1.31 bits per heavy atom. The summed E-state index contributed by atoms with van der Waals surface area (Å²) in [7, 11) is 0. The average molecular weight is 550 g/mol. The summed E-state index contributed by atoms with van der Waals surface area (Å²) in [5.41, 5.74) is 12.6. The molecule has 0 saturated carbocycles. The summed E-state index contributed by atoms with van der Waals surface area (Å²) >= 11 is 0. The van der Waals surface area contributed by atoms with E-state index in [1.807, 2.05) is 13.8 Å². The van der Waals surface area contributed by atoms with Gasteiger partial charge in [-0.3, -0.25) is 0 Å². The van der Waals surface area contributed by atoms with Crippen LogP contribution in [0, 0.1) is 20.8 Å². The minimum Gasteiger partial charge on any atom is -0.311 e. The largest absolute Gasteiger partial charge is 0.311 e. The van der Waals surface area contributed by atoms with Crippen molar-refractivity contribution in [3.8, 4) is 11.1 Å². The number of hydrogen-bond donors (Lipinski definition) is 0. The Morgan fingerprint density at radius 2 is 0.857 bits per heavy atom. The summed E-state index contributed by atoms with van der Waals surface area (Å²) in [6.07, 6.45) is 8.86. The molecule has 6 rings (SSSR count). The number of benzene rings is 5. The number of rotatable bonds is 5. The number of anilines is 3. The second kappa shape index (κ2) is 15.4. The van der Waals surface area contributed by atoms with Gasteiger partial charge in [0.15, 0.2) is 0 Å². The maximum Gasteiger partial charge on any atom is 0.0462 e. The van der Waals surface area contributed by atoms with Gasteiger partial charge in [-0.15, -0.1) is 0 Å². The number of aryl methyl sites for hydroxylation is 3. The highest BCUT2D eigenvalue weighted by molar-refractivity contribution is 5.79. The first-order chi connectivity index (χ1) is 20.6. The van der Waals surface area contributed by atoms with E-state index in [4.69, 9.17) is 0 Å². The molecular weight excluding hydrogens is 506 g/mol. The molecule has 1 heteroatoms. The number of nitrogens with zero attached hydrogens (tertiary/aromatic N) is 1. The molecule has 0 N–H and O–H groups in total. The fraction of sp³-hybridized carbons (Fsp3) is 0.171. The van der Waals surface area contributed by atoms with Gasteiger partial charge in [0.05, 0.1) is 0 Å². The van der Waals surface area contributed by atoms with Gasteiger partial charge in [0.25, 0.3) is 0 Å². The summed E-state index contributed by atoms with van der Waals surface area (Å²) in [6.45, 7) is 10.3. The fourth-order valence-corrected chi connectivity index (χ4v) is 4.88. The topological polar surface area (TPSA) is 3.24 Å². The van der Waals surface area contributed by atoms with E-state index in [1.54, 1.807) is 0 Å². The standard InChI is InChI=1S/C31H27N.C8H10.C2H6/c1-24-12-18-29(19-13-24)32(30-20-14-27(15-21-30)25-8-4-2-5-9-25)31-22-16-28(17-23-31)26-10-6-3-7-11-26;1-7-3-5-8(2)6-4-7;1-2/h2-6,8-10,12-23H,7,11H2,1H3;3-6H,1-2H3;1-2H3. The normalized spacial score (nSPS) is 11.8. The van der Waals surface area contributed by atoms with Crippen molar-refractivity contribution >= 4 is 22.6 Å². The van der Waals surface area contributed by atoms with Crippen molar-refractivity contribution in [2.24, 2.45) is 0 Å². The third kappa shape index (κ3) is 8.21. The van der Waals surface area contributed by atoms with E-state index < -0.39 is 0 Å². The minimum absolute atomic E-state index is 1.11. The number of allylic oxidation sites excluding steroid dienone is 4. The highest BCUT2D eigenvalue weighted by Crippen LogP contribution is 2.36. The van der Waals surface area contributed by atoms with Gasteiger partial charge in [0.1, 0.15) is 0 Å². The highest BCUT2D eigenvalue weighted by Gasteiger charge is 2.13. The van der Waals surface area contributed by atoms with Crippen LogP contribution >= 0.6 is 0 Å². The van der Waals surface area contributed by atoms with Gasteiger partial charge in [0, 0.05) is 17.1 Å². The van der Waals surface area contributed by atoms with Crippen LogP contribution in [0.1, 0.15) is 48.9 Å². The molecule has 5 aromatic carbocycles. The molecule has 0 saturated heterocycles. The molecule has 0 aliphatic heterocycles. The van der Waals surface area contributed by atoms with E-state index >= 15 is 0 Å². The lowest BCUT2D eigenvalue weighted by atomic mass is 9.97. The molecule has 0 amide bonds. The smallest absolute Gasteiger partial charge is 0.0462 e. The molecule has 0 aromatic heterocycles. The molecule has 0 radical (unpaired) electrons.